The smallest absolute Gasteiger partial charge is 0.270 e. The van der Waals surface area contributed by atoms with Gasteiger partial charge in [-0.3, -0.25) is 14.6 Å². The minimum absolute atomic E-state index is 0.0139. The Kier molecular flexibility index (Phi) is 6.50. The van der Waals surface area contributed by atoms with Crippen LogP contribution < -0.4 is 15.2 Å². The number of carbonyl (C=O) groups is 1. The Bertz CT molecular complexity index is 952. The molecule has 1 aliphatic rings. The first-order valence-electron chi connectivity index (χ1n) is 9.72. The molecule has 1 aliphatic heterocycles. The Morgan fingerprint density at radius 1 is 1.21 bits per heavy atom. The van der Waals surface area contributed by atoms with Gasteiger partial charge in [-0.05, 0) is 37.1 Å². The molecule has 0 spiro atoms. The van der Waals surface area contributed by atoms with Crippen LogP contribution in [0.3, 0.4) is 0 Å². The fraction of sp³-hybridized carbons (Fsp3) is 0.429. The predicted molar refractivity (Wildman–Crippen MR) is 110 cm³/mol. The van der Waals surface area contributed by atoms with Gasteiger partial charge in [-0.2, -0.15) is 5.26 Å². The summed E-state index contributed by atoms with van der Waals surface area (Å²) in [6.07, 6.45) is 4.44. The molecule has 1 amide bonds. The van der Waals surface area contributed by atoms with Gasteiger partial charge in [0.1, 0.15) is 17.4 Å². The van der Waals surface area contributed by atoms with Crippen LogP contribution in [0.2, 0.25) is 0 Å². The number of aromatic nitrogens is 2. The first-order chi connectivity index (χ1) is 14.0. The van der Waals surface area contributed by atoms with Crippen molar-refractivity contribution in [2.24, 2.45) is 0 Å². The second-order valence-electron chi connectivity index (χ2n) is 7.23. The van der Waals surface area contributed by atoms with Crippen LogP contribution in [0.15, 0.2) is 29.1 Å². The summed E-state index contributed by atoms with van der Waals surface area (Å²) in [5.74, 6) is 0.891. The van der Waals surface area contributed by atoms with Gasteiger partial charge in [-0.1, -0.05) is 12.8 Å². The van der Waals surface area contributed by atoms with E-state index in [4.69, 9.17) is 4.74 Å². The third-order valence-corrected chi connectivity index (χ3v) is 4.91. The maximum Gasteiger partial charge on any atom is 0.270 e. The molecule has 1 saturated heterocycles. The molecule has 0 unspecified atom stereocenters. The van der Waals surface area contributed by atoms with Crippen LogP contribution in [0.5, 0.6) is 5.75 Å². The van der Waals surface area contributed by atoms with E-state index in [-0.39, 0.29) is 18.1 Å². The van der Waals surface area contributed by atoms with Crippen molar-refractivity contribution in [2.45, 2.75) is 25.7 Å². The zero-order chi connectivity index (χ0) is 20.8. The van der Waals surface area contributed by atoms with E-state index in [0.717, 1.165) is 25.9 Å². The molecule has 0 radical (unpaired) electrons. The maximum absolute atomic E-state index is 12.5. The second-order valence-corrected chi connectivity index (χ2v) is 7.23. The number of nitriles is 1. The monoisotopic (exact) mass is 395 g/mol. The van der Waals surface area contributed by atoms with Crippen molar-refractivity contribution in [3.8, 4) is 23.1 Å². The quantitative estimate of drug-likeness (QED) is 0.832. The molecule has 3 rings (SSSR count). The third-order valence-electron chi connectivity index (χ3n) is 4.91. The number of benzene rings is 1. The number of H-pyrrole nitrogens is 1. The van der Waals surface area contributed by atoms with Gasteiger partial charge in [-0.25, -0.2) is 4.98 Å². The SMILES string of the molecule is CN(C)C(=O)COc1ccc(-c2nc(N3CCCCCC3)[nH]c(=O)c2C#N)cc1. The molecule has 0 bridgehead atoms. The summed E-state index contributed by atoms with van der Waals surface area (Å²) in [4.78, 5) is 35.0. The fourth-order valence-electron chi connectivity index (χ4n) is 3.19. The third kappa shape index (κ3) is 4.93. The van der Waals surface area contributed by atoms with Crippen molar-refractivity contribution in [2.75, 3.05) is 38.7 Å². The zero-order valence-electron chi connectivity index (χ0n) is 16.8. The number of likely N-dealkylation sites (N-methyl/N-ethyl adjacent to an activating group) is 1. The van der Waals surface area contributed by atoms with Gasteiger partial charge in [0.25, 0.3) is 11.5 Å². The molecule has 1 aromatic carbocycles. The van der Waals surface area contributed by atoms with Crippen LogP contribution in [0, 0.1) is 11.3 Å². The van der Waals surface area contributed by atoms with E-state index in [1.807, 2.05) is 6.07 Å². The number of ether oxygens (including phenoxy) is 1. The van der Waals surface area contributed by atoms with E-state index >= 15 is 0 Å². The number of anilines is 1. The highest BCUT2D eigenvalue weighted by Crippen LogP contribution is 2.24. The van der Waals surface area contributed by atoms with Gasteiger partial charge in [0.05, 0.1) is 5.69 Å². The summed E-state index contributed by atoms with van der Waals surface area (Å²) in [7, 11) is 3.33. The molecular formula is C21H25N5O3. The van der Waals surface area contributed by atoms with E-state index < -0.39 is 5.56 Å². The summed E-state index contributed by atoms with van der Waals surface area (Å²) in [5.41, 5.74) is 0.551. The van der Waals surface area contributed by atoms with Crippen LogP contribution >= 0.6 is 0 Å². The molecule has 2 heterocycles. The van der Waals surface area contributed by atoms with E-state index in [9.17, 15) is 14.9 Å². The molecule has 0 aliphatic carbocycles. The average Bonchev–Trinajstić information content (AvgIpc) is 3.01. The molecule has 152 valence electrons. The largest absolute Gasteiger partial charge is 0.484 e. The van der Waals surface area contributed by atoms with Crippen LogP contribution in [-0.4, -0.2) is 54.6 Å². The summed E-state index contributed by atoms with van der Waals surface area (Å²) in [5, 5.41) is 9.47. The van der Waals surface area contributed by atoms with Crippen molar-refractivity contribution < 1.29 is 9.53 Å². The van der Waals surface area contributed by atoms with E-state index in [2.05, 4.69) is 14.9 Å². The van der Waals surface area contributed by atoms with E-state index in [1.165, 1.54) is 17.7 Å². The molecule has 0 saturated carbocycles. The number of nitrogens with one attached hydrogen (secondary N) is 1. The highest BCUT2D eigenvalue weighted by Gasteiger charge is 2.18. The van der Waals surface area contributed by atoms with Crippen molar-refractivity contribution in [3.05, 3.63) is 40.2 Å². The number of hydrogen-bond acceptors (Lipinski definition) is 6. The fourth-order valence-corrected chi connectivity index (χ4v) is 3.19. The van der Waals surface area contributed by atoms with Crippen LogP contribution in [0.1, 0.15) is 31.2 Å². The lowest BCUT2D eigenvalue weighted by Crippen LogP contribution is -2.29. The molecule has 8 heteroatoms. The Balaban J connectivity index is 1.87. The van der Waals surface area contributed by atoms with Gasteiger partial charge in [0, 0.05) is 32.7 Å². The molecule has 1 N–H and O–H groups in total. The Hall–Kier alpha value is -3.34. The van der Waals surface area contributed by atoms with Gasteiger partial charge in [0.2, 0.25) is 5.95 Å². The molecule has 2 aromatic rings. The zero-order valence-corrected chi connectivity index (χ0v) is 16.8. The first kappa shape index (κ1) is 20.4. The second kappa shape index (κ2) is 9.24. The Morgan fingerprint density at radius 2 is 1.86 bits per heavy atom. The Labute approximate surface area is 169 Å². The number of hydrogen-bond donors (Lipinski definition) is 1. The number of amides is 1. The van der Waals surface area contributed by atoms with Gasteiger partial charge in [-0.15, -0.1) is 0 Å². The number of nitrogens with zero attached hydrogens (tertiary/aromatic N) is 4. The minimum atomic E-state index is -0.436. The lowest BCUT2D eigenvalue weighted by molar-refractivity contribution is -0.130. The van der Waals surface area contributed by atoms with Crippen LogP contribution in [0.4, 0.5) is 5.95 Å². The summed E-state index contributed by atoms with van der Waals surface area (Å²) in [6.45, 7) is 1.61. The van der Waals surface area contributed by atoms with Crippen molar-refractivity contribution in [1.29, 1.82) is 5.26 Å². The molecule has 8 nitrogen and oxygen atoms in total. The summed E-state index contributed by atoms with van der Waals surface area (Å²) < 4.78 is 5.48. The molecular weight excluding hydrogens is 370 g/mol. The topological polar surface area (TPSA) is 102 Å². The van der Waals surface area contributed by atoms with Crippen molar-refractivity contribution in [1.82, 2.24) is 14.9 Å². The highest BCUT2D eigenvalue weighted by atomic mass is 16.5. The summed E-state index contributed by atoms with van der Waals surface area (Å²) in [6, 6.07) is 8.85. The lowest BCUT2D eigenvalue weighted by atomic mass is 10.1. The first-order valence-corrected chi connectivity index (χ1v) is 9.72. The van der Waals surface area contributed by atoms with E-state index in [1.54, 1.807) is 38.4 Å². The number of carbonyl (C=O) groups excluding carboxylic acids is 1. The summed E-state index contributed by atoms with van der Waals surface area (Å²) >= 11 is 0. The Morgan fingerprint density at radius 3 is 2.45 bits per heavy atom. The predicted octanol–water partition coefficient (Wildman–Crippen LogP) is 2.16. The van der Waals surface area contributed by atoms with E-state index in [0.29, 0.717) is 23.0 Å². The standard InChI is InChI=1S/C21H25N5O3/c1-25(2)18(27)14-29-16-9-7-15(8-10-16)19-17(13-22)20(28)24-21(23-19)26-11-5-3-4-6-12-26/h7-10H,3-6,11-12,14H2,1-2H3,(H,23,24,28). The number of aromatic amines is 1. The lowest BCUT2D eigenvalue weighted by Gasteiger charge is -2.21. The minimum Gasteiger partial charge on any atom is -0.484 e. The van der Waals surface area contributed by atoms with Crippen molar-refractivity contribution >= 4 is 11.9 Å². The van der Waals surface area contributed by atoms with Crippen LogP contribution in [-0.2, 0) is 4.79 Å². The van der Waals surface area contributed by atoms with Crippen LogP contribution in [0.25, 0.3) is 11.3 Å². The average molecular weight is 395 g/mol. The highest BCUT2D eigenvalue weighted by molar-refractivity contribution is 5.77. The normalized spacial score (nSPS) is 14.0. The number of rotatable bonds is 5. The maximum atomic E-state index is 12.5. The molecule has 1 aromatic heterocycles. The van der Waals surface area contributed by atoms with Gasteiger partial charge < -0.3 is 14.5 Å². The molecule has 1 fully saturated rings. The van der Waals surface area contributed by atoms with Crippen molar-refractivity contribution in [3.63, 3.8) is 0 Å². The van der Waals surface area contributed by atoms with Gasteiger partial charge in [0.15, 0.2) is 6.61 Å². The van der Waals surface area contributed by atoms with Gasteiger partial charge >= 0.3 is 0 Å². The molecule has 29 heavy (non-hydrogen) atoms. The molecule has 0 atom stereocenters.